The normalized spacial score (nSPS) is 18.7. The molecule has 0 bridgehead atoms. The summed E-state index contributed by atoms with van der Waals surface area (Å²) in [6.07, 6.45) is 0.895. The summed E-state index contributed by atoms with van der Waals surface area (Å²) in [5, 5.41) is 2.37. The summed E-state index contributed by atoms with van der Waals surface area (Å²) < 4.78 is 0. The minimum Gasteiger partial charge on any atom is -0.293 e. The van der Waals surface area contributed by atoms with Gasteiger partial charge in [0.25, 0.3) is 0 Å². The summed E-state index contributed by atoms with van der Waals surface area (Å²) in [4.78, 5) is 12.1. The van der Waals surface area contributed by atoms with E-state index in [2.05, 4.69) is 25.1 Å². The Labute approximate surface area is 88.7 Å². The second kappa shape index (κ2) is 2.93. The molecule has 0 amide bonds. The first-order chi connectivity index (χ1) is 7.33. The molecule has 0 N–H and O–H groups in total. The maximum absolute atomic E-state index is 12.1. The van der Waals surface area contributed by atoms with E-state index in [9.17, 15) is 4.79 Å². The van der Waals surface area contributed by atoms with E-state index in [-0.39, 0.29) is 5.92 Å². The van der Waals surface area contributed by atoms with Gasteiger partial charge in [0.15, 0.2) is 5.78 Å². The second-order valence-corrected chi connectivity index (χ2v) is 4.08. The molecular weight excluding hydrogens is 184 g/mol. The van der Waals surface area contributed by atoms with E-state index in [4.69, 9.17) is 0 Å². The Kier molecular flexibility index (Phi) is 1.69. The van der Waals surface area contributed by atoms with Gasteiger partial charge < -0.3 is 0 Å². The lowest BCUT2D eigenvalue weighted by atomic mass is 9.97. The molecule has 1 aliphatic carbocycles. The summed E-state index contributed by atoms with van der Waals surface area (Å²) in [5.74, 6) is 0.385. The Morgan fingerprint density at radius 2 is 1.87 bits per heavy atom. The lowest BCUT2D eigenvalue weighted by molar-refractivity contribution is 0.0966. The minimum atomic E-state index is 0.0890. The van der Waals surface area contributed by atoms with Gasteiger partial charge in [-0.15, -0.1) is 0 Å². The molecule has 1 aliphatic rings. The number of carbonyl (C=O) groups excluding carboxylic acids is 1. The third kappa shape index (κ3) is 1.01. The highest BCUT2D eigenvalue weighted by atomic mass is 16.1. The number of carbonyl (C=O) groups is 1. The Hall–Kier alpha value is -1.63. The molecule has 15 heavy (non-hydrogen) atoms. The highest BCUT2D eigenvalue weighted by Gasteiger charge is 2.30. The van der Waals surface area contributed by atoms with E-state index >= 15 is 0 Å². The van der Waals surface area contributed by atoms with Gasteiger partial charge in [0.05, 0.1) is 0 Å². The smallest absolute Gasteiger partial charge is 0.170 e. The first-order valence-electron chi connectivity index (χ1n) is 5.38. The van der Waals surface area contributed by atoms with Crippen LogP contribution >= 0.6 is 0 Å². The van der Waals surface area contributed by atoms with E-state index < -0.39 is 0 Å². The molecule has 74 valence electrons. The van der Waals surface area contributed by atoms with Gasteiger partial charge in [-0.2, -0.15) is 0 Å². The van der Waals surface area contributed by atoms with Crippen molar-refractivity contribution in [2.24, 2.45) is 0 Å². The van der Waals surface area contributed by atoms with Crippen LogP contribution in [0.15, 0.2) is 36.4 Å². The highest BCUT2D eigenvalue weighted by molar-refractivity contribution is 6.18. The van der Waals surface area contributed by atoms with E-state index in [0.29, 0.717) is 5.78 Å². The van der Waals surface area contributed by atoms with Gasteiger partial charge >= 0.3 is 0 Å². The predicted molar refractivity (Wildman–Crippen MR) is 61.3 cm³/mol. The van der Waals surface area contributed by atoms with Gasteiger partial charge in [0.1, 0.15) is 0 Å². The highest BCUT2D eigenvalue weighted by Crippen LogP contribution is 2.39. The summed E-state index contributed by atoms with van der Waals surface area (Å²) in [7, 11) is 0. The molecule has 0 heterocycles. The van der Waals surface area contributed by atoms with Crippen LogP contribution in [0.4, 0.5) is 0 Å². The lowest BCUT2D eigenvalue weighted by Gasteiger charge is -2.05. The van der Waals surface area contributed by atoms with Gasteiger partial charge in [-0.1, -0.05) is 43.3 Å². The van der Waals surface area contributed by atoms with Gasteiger partial charge in [0.2, 0.25) is 0 Å². The van der Waals surface area contributed by atoms with Crippen LogP contribution in [0.5, 0.6) is 0 Å². The Morgan fingerprint density at radius 1 is 1.13 bits per heavy atom. The van der Waals surface area contributed by atoms with Crippen molar-refractivity contribution < 1.29 is 4.79 Å². The van der Waals surface area contributed by atoms with Crippen molar-refractivity contribution in [3.8, 4) is 0 Å². The third-order valence-corrected chi connectivity index (χ3v) is 3.30. The largest absolute Gasteiger partial charge is 0.293 e. The third-order valence-electron chi connectivity index (χ3n) is 3.30. The first kappa shape index (κ1) is 8.66. The molecule has 1 unspecified atom stereocenters. The molecule has 0 aliphatic heterocycles. The van der Waals surface area contributed by atoms with Gasteiger partial charge in [-0.3, -0.25) is 4.79 Å². The molecule has 0 fully saturated rings. The zero-order valence-electron chi connectivity index (χ0n) is 8.66. The van der Waals surface area contributed by atoms with Crippen molar-refractivity contribution in [3.05, 3.63) is 47.5 Å². The second-order valence-electron chi connectivity index (χ2n) is 4.08. The molecule has 1 nitrogen and oxygen atoms in total. The molecule has 0 saturated carbocycles. The van der Waals surface area contributed by atoms with Crippen LogP contribution in [0.2, 0.25) is 0 Å². The standard InChI is InChI=1S/C14H12O/c1-2-10-11-7-3-5-9-6-4-8-12(13(9)11)14(10)15/h3-8,10H,2H2,1H3. The van der Waals surface area contributed by atoms with E-state index in [1.54, 1.807) is 0 Å². The molecule has 1 heteroatoms. The van der Waals surface area contributed by atoms with Crippen molar-refractivity contribution in [3.63, 3.8) is 0 Å². The number of hydrogen-bond donors (Lipinski definition) is 0. The van der Waals surface area contributed by atoms with Crippen LogP contribution in [0.25, 0.3) is 10.8 Å². The maximum atomic E-state index is 12.1. The van der Waals surface area contributed by atoms with Crippen molar-refractivity contribution in [2.45, 2.75) is 19.3 Å². The fourth-order valence-corrected chi connectivity index (χ4v) is 2.60. The van der Waals surface area contributed by atoms with E-state index in [1.165, 1.54) is 16.3 Å². The Balaban J connectivity index is 2.45. The van der Waals surface area contributed by atoms with Crippen LogP contribution in [0, 0.1) is 0 Å². The lowest BCUT2D eigenvalue weighted by Crippen LogP contribution is -2.04. The Bertz CT molecular complexity index is 549. The van der Waals surface area contributed by atoms with Crippen LogP contribution < -0.4 is 0 Å². The molecule has 3 rings (SSSR count). The van der Waals surface area contributed by atoms with Crippen molar-refractivity contribution in [1.82, 2.24) is 0 Å². The molecule has 0 radical (unpaired) electrons. The topological polar surface area (TPSA) is 17.1 Å². The number of hydrogen-bond acceptors (Lipinski definition) is 1. The fourth-order valence-electron chi connectivity index (χ4n) is 2.60. The molecule has 1 atom stereocenters. The molecule has 0 saturated heterocycles. The van der Waals surface area contributed by atoms with Crippen LogP contribution in [0.3, 0.4) is 0 Å². The van der Waals surface area contributed by atoms with Crippen molar-refractivity contribution in [1.29, 1.82) is 0 Å². The average molecular weight is 196 g/mol. The number of benzene rings is 2. The van der Waals surface area contributed by atoms with Crippen LogP contribution in [-0.4, -0.2) is 5.78 Å². The first-order valence-corrected chi connectivity index (χ1v) is 5.38. The Morgan fingerprint density at radius 3 is 2.60 bits per heavy atom. The number of Topliss-reactive ketones (excluding diaryl/α,β-unsaturated/α-hetero) is 1. The van der Waals surface area contributed by atoms with E-state index in [0.717, 1.165) is 12.0 Å². The summed E-state index contributed by atoms with van der Waals surface area (Å²) in [5.41, 5.74) is 2.13. The zero-order valence-corrected chi connectivity index (χ0v) is 8.66. The quantitative estimate of drug-likeness (QED) is 0.682. The summed E-state index contributed by atoms with van der Waals surface area (Å²) >= 11 is 0. The molecule has 0 aromatic heterocycles. The minimum absolute atomic E-state index is 0.0890. The average Bonchev–Trinajstić information content (AvgIpc) is 2.55. The monoisotopic (exact) mass is 196 g/mol. The summed E-state index contributed by atoms with van der Waals surface area (Å²) in [6, 6.07) is 12.2. The van der Waals surface area contributed by atoms with Crippen molar-refractivity contribution >= 4 is 16.6 Å². The van der Waals surface area contributed by atoms with Crippen LogP contribution in [0.1, 0.15) is 35.2 Å². The van der Waals surface area contributed by atoms with Crippen molar-refractivity contribution in [2.75, 3.05) is 0 Å². The number of rotatable bonds is 1. The van der Waals surface area contributed by atoms with E-state index in [1.807, 2.05) is 18.2 Å². The summed E-state index contributed by atoms with van der Waals surface area (Å²) in [6.45, 7) is 2.08. The number of ketones is 1. The SMILES string of the molecule is CCC1C(=O)c2cccc3cccc1c23. The maximum Gasteiger partial charge on any atom is 0.170 e. The van der Waals surface area contributed by atoms with Crippen LogP contribution in [-0.2, 0) is 0 Å². The van der Waals surface area contributed by atoms with Gasteiger partial charge in [-0.25, -0.2) is 0 Å². The van der Waals surface area contributed by atoms with Gasteiger partial charge in [0, 0.05) is 11.5 Å². The zero-order chi connectivity index (χ0) is 10.4. The predicted octanol–water partition coefficient (Wildman–Crippen LogP) is 3.53. The molecule has 2 aromatic carbocycles. The molecule has 2 aromatic rings. The molecular formula is C14H12O. The molecule has 0 spiro atoms. The van der Waals surface area contributed by atoms with Gasteiger partial charge in [-0.05, 0) is 22.8 Å². The fraction of sp³-hybridized carbons (Fsp3) is 0.214.